The zero-order chi connectivity index (χ0) is 16.5. The summed E-state index contributed by atoms with van der Waals surface area (Å²) in [6.45, 7) is 6.35. The summed E-state index contributed by atoms with van der Waals surface area (Å²) in [5.74, 6) is 1.60. The predicted octanol–water partition coefficient (Wildman–Crippen LogP) is 1.31. The zero-order valence-corrected chi connectivity index (χ0v) is 16.9. The molecule has 0 unspecified atom stereocenters. The Labute approximate surface area is 161 Å². The van der Waals surface area contributed by atoms with Gasteiger partial charge in [-0.25, -0.2) is 0 Å². The summed E-state index contributed by atoms with van der Waals surface area (Å²) in [5.41, 5.74) is 0. The standard InChI is InChI=1S/C16H28N6O.HI/c1-3-18-16(19-8-12-22-9-4-7-20-22)21-10-5-14(6-11-21)13-15(23)17-2;/h4,7,9,14H,3,5-6,8,10-13H2,1-2H3,(H,17,23)(H,18,19);1H. The van der Waals surface area contributed by atoms with E-state index >= 15 is 0 Å². The molecule has 0 saturated carbocycles. The maximum atomic E-state index is 11.5. The van der Waals surface area contributed by atoms with Crippen molar-refractivity contribution in [2.24, 2.45) is 10.9 Å². The Kier molecular flexibility index (Phi) is 9.73. The van der Waals surface area contributed by atoms with Gasteiger partial charge in [0.05, 0.1) is 13.1 Å². The highest BCUT2D eigenvalue weighted by Gasteiger charge is 2.22. The maximum absolute atomic E-state index is 11.5. The van der Waals surface area contributed by atoms with Gasteiger partial charge in [-0.1, -0.05) is 0 Å². The molecule has 24 heavy (non-hydrogen) atoms. The topological polar surface area (TPSA) is 74.5 Å². The van der Waals surface area contributed by atoms with E-state index in [1.54, 1.807) is 13.2 Å². The van der Waals surface area contributed by atoms with E-state index in [1.807, 2.05) is 16.9 Å². The molecule has 1 saturated heterocycles. The third kappa shape index (κ3) is 6.66. The third-order valence-corrected chi connectivity index (χ3v) is 4.15. The summed E-state index contributed by atoms with van der Waals surface area (Å²) in [4.78, 5) is 18.5. The molecule has 8 heteroatoms. The van der Waals surface area contributed by atoms with Gasteiger partial charge in [-0.05, 0) is 31.7 Å². The molecule has 0 radical (unpaired) electrons. The number of hydrogen-bond acceptors (Lipinski definition) is 3. The van der Waals surface area contributed by atoms with Crippen LogP contribution in [0.2, 0.25) is 0 Å². The first-order chi connectivity index (χ1) is 11.2. The molecule has 0 aliphatic carbocycles. The van der Waals surface area contributed by atoms with Crippen molar-refractivity contribution in [1.29, 1.82) is 0 Å². The van der Waals surface area contributed by atoms with Crippen molar-refractivity contribution in [3.05, 3.63) is 18.5 Å². The fourth-order valence-corrected chi connectivity index (χ4v) is 2.83. The highest BCUT2D eigenvalue weighted by Crippen LogP contribution is 2.20. The minimum Gasteiger partial charge on any atom is -0.359 e. The van der Waals surface area contributed by atoms with Crippen LogP contribution < -0.4 is 10.6 Å². The van der Waals surface area contributed by atoms with Gasteiger partial charge in [0.25, 0.3) is 0 Å². The number of aliphatic imine (C=N–C) groups is 1. The van der Waals surface area contributed by atoms with Crippen LogP contribution >= 0.6 is 24.0 Å². The van der Waals surface area contributed by atoms with E-state index in [9.17, 15) is 4.79 Å². The minimum absolute atomic E-state index is 0. The highest BCUT2D eigenvalue weighted by atomic mass is 127. The van der Waals surface area contributed by atoms with Gasteiger partial charge in [0.1, 0.15) is 0 Å². The molecule has 1 aromatic rings. The average molecular weight is 448 g/mol. The second-order valence-corrected chi connectivity index (χ2v) is 5.81. The number of nitrogens with zero attached hydrogens (tertiary/aromatic N) is 4. The summed E-state index contributed by atoms with van der Waals surface area (Å²) >= 11 is 0. The molecule has 0 atom stereocenters. The van der Waals surface area contributed by atoms with Crippen molar-refractivity contribution < 1.29 is 4.79 Å². The number of guanidine groups is 1. The smallest absolute Gasteiger partial charge is 0.220 e. The van der Waals surface area contributed by atoms with Crippen molar-refractivity contribution in [3.8, 4) is 0 Å². The number of aromatic nitrogens is 2. The first-order valence-corrected chi connectivity index (χ1v) is 8.44. The molecule has 2 heterocycles. The molecule has 2 rings (SSSR count). The minimum atomic E-state index is 0. The number of carbonyl (C=O) groups excluding carboxylic acids is 1. The first-order valence-electron chi connectivity index (χ1n) is 8.44. The second-order valence-electron chi connectivity index (χ2n) is 5.81. The largest absolute Gasteiger partial charge is 0.359 e. The van der Waals surface area contributed by atoms with Crippen LogP contribution in [0.4, 0.5) is 0 Å². The van der Waals surface area contributed by atoms with Gasteiger partial charge >= 0.3 is 0 Å². The van der Waals surface area contributed by atoms with Crippen LogP contribution in [-0.4, -0.2) is 59.8 Å². The summed E-state index contributed by atoms with van der Waals surface area (Å²) in [6, 6.07) is 1.92. The molecule has 0 aromatic carbocycles. The van der Waals surface area contributed by atoms with Crippen LogP contribution in [0.3, 0.4) is 0 Å². The van der Waals surface area contributed by atoms with Crippen LogP contribution in [0.15, 0.2) is 23.5 Å². The molecule has 1 aliphatic rings. The molecule has 0 spiro atoms. The summed E-state index contributed by atoms with van der Waals surface area (Å²) in [5, 5.41) is 10.3. The van der Waals surface area contributed by atoms with E-state index in [1.165, 1.54) is 0 Å². The molecule has 2 N–H and O–H groups in total. The fraction of sp³-hybridized carbons (Fsp3) is 0.688. The number of piperidine rings is 1. The van der Waals surface area contributed by atoms with Crippen LogP contribution in [-0.2, 0) is 11.3 Å². The quantitative estimate of drug-likeness (QED) is 0.391. The maximum Gasteiger partial charge on any atom is 0.220 e. The van der Waals surface area contributed by atoms with Gasteiger partial charge < -0.3 is 15.5 Å². The highest BCUT2D eigenvalue weighted by molar-refractivity contribution is 14.0. The number of hydrogen-bond donors (Lipinski definition) is 2. The number of likely N-dealkylation sites (tertiary alicyclic amines) is 1. The molecule has 1 aromatic heterocycles. The second kappa shape index (κ2) is 11.3. The molecule has 1 fully saturated rings. The van der Waals surface area contributed by atoms with Crippen molar-refractivity contribution in [1.82, 2.24) is 25.3 Å². The average Bonchev–Trinajstić information content (AvgIpc) is 3.08. The van der Waals surface area contributed by atoms with Gasteiger partial charge in [-0.15, -0.1) is 24.0 Å². The molecule has 0 bridgehead atoms. The number of rotatable bonds is 6. The Hall–Kier alpha value is -1.32. The summed E-state index contributed by atoms with van der Waals surface area (Å²) < 4.78 is 1.89. The van der Waals surface area contributed by atoms with Crippen molar-refractivity contribution in [2.75, 3.05) is 33.2 Å². The van der Waals surface area contributed by atoms with Gasteiger partial charge in [0.2, 0.25) is 5.91 Å². The zero-order valence-electron chi connectivity index (χ0n) is 14.6. The van der Waals surface area contributed by atoms with Crippen LogP contribution in [0.25, 0.3) is 0 Å². The van der Waals surface area contributed by atoms with E-state index in [-0.39, 0.29) is 29.9 Å². The van der Waals surface area contributed by atoms with E-state index < -0.39 is 0 Å². The lowest BCUT2D eigenvalue weighted by atomic mass is 9.93. The monoisotopic (exact) mass is 448 g/mol. The van der Waals surface area contributed by atoms with Crippen molar-refractivity contribution in [2.45, 2.75) is 32.7 Å². The Morgan fingerprint density at radius 1 is 1.38 bits per heavy atom. The Balaban J connectivity index is 0.00000288. The van der Waals surface area contributed by atoms with Crippen molar-refractivity contribution in [3.63, 3.8) is 0 Å². The van der Waals surface area contributed by atoms with Crippen LogP contribution in [0.1, 0.15) is 26.2 Å². The van der Waals surface area contributed by atoms with E-state index in [2.05, 4.69) is 27.6 Å². The molecule has 1 amide bonds. The lowest BCUT2D eigenvalue weighted by Gasteiger charge is -2.34. The van der Waals surface area contributed by atoms with Gasteiger partial charge in [-0.3, -0.25) is 14.5 Å². The van der Waals surface area contributed by atoms with Gasteiger partial charge in [-0.2, -0.15) is 5.10 Å². The predicted molar refractivity (Wildman–Crippen MR) is 107 cm³/mol. The molecule has 7 nitrogen and oxygen atoms in total. The number of amides is 1. The van der Waals surface area contributed by atoms with Crippen LogP contribution in [0.5, 0.6) is 0 Å². The molecular weight excluding hydrogens is 419 g/mol. The van der Waals surface area contributed by atoms with Gasteiger partial charge in [0, 0.05) is 45.5 Å². The van der Waals surface area contributed by atoms with E-state index in [0.717, 1.165) is 45.0 Å². The molecule has 1 aliphatic heterocycles. The number of halogens is 1. The molecule has 136 valence electrons. The fourth-order valence-electron chi connectivity index (χ4n) is 2.83. The summed E-state index contributed by atoms with van der Waals surface area (Å²) in [7, 11) is 1.70. The van der Waals surface area contributed by atoms with E-state index in [4.69, 9.17) is 4.99 Å². The van der Waals surface area contributed by atoms with Gasteiger partial charge in [0.15, 0.2) is 5.96 Å². The number of carbonyl (C=O) groups is 1. The van der Waals surface area contributed by atoms with E-state index in [0.29, 0.717) is 18.9 Å². The van der Waals surface area contributed by atoms with Crippen molar-refractivity contribution >= 4 is 35.8 Å². The number of nitrogens with one attached hydrogen (secondary N) is 2. The first kappa shape index (κ1) is 20.7. The normalized spacial score (nSPS) is 15.8. The Morgan fingerprint density at radius 3 is 2.71 bits per heavy atom. The third-order valence-electron chi connectivity index (χ3n) is 4.15. The Bertz CT molecular complexity index is 497. The molecular formula is C16H29IN6O. The lowest BCUT2D eigenvalue weighted by Crippen LogP contribution is -2.46. The SMILES string of the molecule is CCNC(=NCCn1cccn1)N1CCC(CC(=O)NC)CC1.I. The Morgan fingerprint density at radius 2 is 2.12 bits per heavy atom. The summed E-state index contributed by atoms with van der Waals surface area (Å²) in [6.07, 6.45) is 6.45. The lowest BCUT2D eigenvalue weighted by molar-refractivity contribution is -0.121. The van der Waals surface area contributed by atoms with Crippen LogP contribution in [0, 0.1) is 5.92 Å².